The molecule has 6 heteroatoms. The molecule has 0 N–H and O–H groups in total. The number of carbonyl (C=O) groups excluding carboxylic acids is 1. The molecule has 1 fully saturated rings. The first-order valence-corrected chi connectivity index (χ1v) is 12.3. The molecule has 0 saturated carbocycles. The maximum atomic E-state index is 13.5. The minimum Gasteiger partial charge on any atom is -0.475 e. The summed E-state index contributed by atoms with van der Waals surface area (Å²) < 4.78 is 23.5. The number of fused-ring (bicyclic) bond motifs is 2. The summed E-state index contributed by atoms with van der Waals surface area (Å²) in [7, 11) is 0. The topological polar surface area (TPSA) is 61.1 Å². The lowest BCUT2D eigenvalue weighted by Crippen LogP contribution is -2.44. The molecule has 36 heavy (non-hydrogen) atoms. The molecule has 3 heterocycles. The number of ketones is 1. The second-order valence-electron chi connectivity index (χ2n) is 9.04. The van der Waals surface area contributed by atoms with E-state index in [1.807, 2.05) is 54.6 Å². The molecule has 0 spiro atoms. The normalized spacial score (nSPS) is 16.4. The van der Waals surface area contributed by atoms with Crippen molar-refractivity contribution >= 4 is 16.8 Å². The van der Waals surface area contributed by atoms with Crippen LogP contribution >= 0.6 is 0 Å². The first-order chi connectivity index (χ1) is 17.7. The Bertz CT molecular complexity index is 1420. The van der Waals surface area contributed by atoms with Crippen LogP contribution in [0.1, 0.15) is 28.6 Å². The minimum atomic E-state index is -0.153. The van der Waals surface area contributed by atoms with Crippen LogP contribution in [0.3, 0.4) is 0 Å². The summed E-state index contributed by atoms with van der Waals surface area (Å²) >= 11 is 0. The Morgan fingerprint density at radius 2 is 1.78 bits per heavy atom. The lowest BCUT2D eigenvalue weighted by Gasteiger charge is -2.32. The van der Waals surface area contributed by atoms with Gasteiger partial charge in [0.15, 0.2) is 5.76 Å². The molecule has 0 amide bonds. The molecule has 2 aliphatic rings. The highest BCUT2D eigenvalue weighted by Gasteiger charge is 2.25. The Morgan fingerprint density at radius 1 is 1.00 bits per heavy atom. The zero-order chi connectivity index (χ0) is 24.5. The smallest absolute Gasteiger partial charge is 0.228 e. The van der Waals surface area contributed by atoms with E-state index in [-0.39, 0.29) is 12.0 Å². The molecule has 182 valence electrons. The second kappa shape index (κ2) is 9.64. The third-order valence-corrected chi connectivity index (χ3v) is 6.75. The van der Waals surface area contributed by atoms with Gasteiger partial charge in [0.2, 0.25) is 5.78 Å². The largest absolute Gasteiger partial charge is 0.475 e. The number of hydrogen-bond donors (Lipinski definition) is 0. The summed E-state index contributed by atoms with van der Waals surface area (Å²) in [5, 5.41) is 0.891. The van der Waals surface area contributed by atoms with Gasteiger partial charge in [0.05, 0.1) is 19.5 Å². The zero-order valence-corrected chi connectivity index (χ0v) is 20.1. The molecule has 6 rings (SSSR count). The zero-order valence-electron chi connectivity index (χ0n) is 20.1. The second-order valence-corrected chi connectivity index (χ2v) is 9.04. The summed E-state index contributed by atoms with van der Waals surface area (Å²) in [6.07, 6.45) is 4.38. The van der Waals surface area contributed by atoms with Crippen molar-refractivity contribution < 1.29 is 23.4 Å². The van der Waals surface area contributed by atoms with E-state index in [0.717, 1.165) is 66.3 Å². The van der Waals surface area contributed by atoms with Gasteiger partial charge >= 0.3 is 0 Å². The van der Waals surface area contributed by atoms with Gasteiger partial charge in [-0.25, -0.2) is 0 Å². The number of rotatable bonds is 6. The molecule has 1 aromatic heterocycles. The molecular weight excluding hydrogens is 454 g/mol. The molecule has 4 aromatic rings. The van der Waals surface area contributed by atoms with Crippen molar-refractivity contribution in [3.8, 4) is 22.6 Å². The lowest BCUT2D eigenvalue weighted by atomic mass is 9.96. The fourth-order valence-electron chi connectivity index (χ4n) is 4.81. The maximum absolute atomic E-state index is 13.5. The van der Waals surface area contributed by atoms with Crippen molar-refractivity contribution in [3.63, 3.8) is 0 Å². The van der Waals surface area contributed by atoms with E-state index >= 15 is 0 Å². The van der Waals surface area contributed by atoms with Crippen LogP contribution in [0, 0.1) is 0 Å². The Morgan fingerprint density at radius 3 is 2.56 bits per heavy atom. The van der Waals surface area contributed by atoms with E-state index in [2.05, 4.69) is 17.9 Å². The highest BCUT2D eigenvalue weighted by atomic mass is 16.5. The van der Waals surface area contributed by atoms with E-state index in [1.165, 1.54) is 0 Å². The van der Waals surface area contributed by atoms with Gasteiger partial charge in [-0.05, 0) is 48.7 Å². The van der Waals surface area contributed by atoms with Crippen LogP contribution in [-0.2, 0) is 11.2 Å². The monoisotopic (exact) mass is 481 g/mol. The van der Waals surface area contributed by atoms with Crippen LogP contribution in [0.4, 0.5) is 0 Å². The molecule has 0 bridgehead atoms. The van der Waals surface area contributed by atoms with Crippen molar-refractivity contribution in [2.45, 2.75) is 19.6 Å². The van der Waals surface area contributed by atoms with E-state index in [9.17, 15) is 4.79 Å². The van der Waals surface area contributed by atoms with Crippen LogP contribution in [0.25, 0.3) is 22.1 Å². The fraction of sp³-hybridized carbons (Fsp3) is 0.233. The molecule has 3 aromatic carbocycles. The number of allylic oxidation sites excluding steroid dienone is 1. The number of benzene rings is 3. The molecule has 1 atom stereocenters. The Kier molecular flexibility index (Phi) is 6.05. The van der Waals surface area contributed by atoms with Gasteiger partial charge in [-0.2, -0.15) is 0 Å². The summed E-state index contributed by atoms with van der Waals surface area (Å²) in [4.78, 5) is 15.8. The average molecular weight is 482 g/mol. The molecule has 2 aliphatic heterocycles. The molecule has 0 aliphatic carbocycles. The van der Waals surface area contributed by atoms with E-state index in [0.29, 0.717) is 16.9 Å². The summed E-state index contributed by atoms with van der Waals surface area (Å²) in [5.41, 5.74) is 3.94. The van der Waals surface area contributed by atoms with Crippen LogP contribution < -0.4 is 9.47 Å². The van der Waals surface area contributed by atoms with Crippen LogP contribution in [-0.4, -0.2) is 43.2 Å². The van der Waals surface area contributed by atoms with Crippen molar-refractivity contribution in [1.29, 1.82) is 0 Å². The number of hydrogen-bond acceptors (Lipinski definition) is 6. The van der Waals surface area contributed by atoms with E-state index in [4.69, 9.17) is 18.6 Å². The summed E-state index contributed by atoms with van der Waals surface area (Å²) in [5.74, 6) is 1.70. The van der Waals surface area contributed by atoms with Crippen molar-refractivity contribution in [2.75, 3.05) is 26.3 Å². The predicted molar refractivity (Wildman–Crippen MR) is 137 cm³/mol. The first kappa shape index (κ1) is 22.6. The fourth-order valence-corrected chi connectivity index (χ4v) is 4.81. The molecule has 6 nitrogen and oxygen atoms in total. The first-order valence-electron chi connectivity index (χ1n) is 12.3. The van der Waals surface area contributed by atoms with Gasteiger partial charge in [0.25, 0.3) is 0 Å². The Labute approximate surface area is 209 Å². The van der Waals surface area contributed by atoms with Gasteiger partial charge < -0.3 is 18.6 Å². The van der Waals surface area contributed by atoms with Crippen molar-refractivity contribution in [1.82, 2.24) is 4.90 Å². The highest BCUT2D eigenvalue weighted by Crippen LogP contribution is 2.40. The maximum Gasteiger partial charge on any atom is 0.228 e. The number of carbonyl (C=O) groups is 1. The number of ether oxygens (including phenoxy) is 3. The Balaban J connectivity index is 1.38. The Hall–Kier alpha value is -3.87. The van der Waals surface area contributed by atoms with Gasteiger partial charge in [0, 0.05) is 35.7 Å². The van der Waals surface area contributed by atoms with Gasteiger partial charge in [-0.15, -0.1) is 0 Å². The van der Waals surface area contributed by atoms with Crippen LogP contribution in [0.5, 0.6) is 11.5 Å². The van der Waals surface area contributed by atoms with Crippen LogP contribution in [0.15, 0.2) is 83.5 Å². The van der Waals surface area contributed by atoms with E-state index < -0.39 is 0 Å². The number of morpholine rings is 1. The minimum absolute atomic E-state index is 0.0516. The molecule has 1 unspecified atom stereocenters. The van der Waals surface area contributed by atoms with Crippen LogP contribution in [0.2, 0.25) is 0 Å². The van der Waals surface area contributed by atoms with Crippen molar-refractivity contribution in [3.05, 3.63) is 96.0 Å². The third-order valence-electron chi connectivity index (χ3n) is 6.75. The molecular formula is C30H27NO5. The predicted octanol–water partition coefficient (Wildman–Crippen LogP) is 5.84. The van der Waals surface area contributed by atoms with Crippen molar-refractivity contribution in [2.24, 2.45) is 0 Å². The number of furan rings is 1. The summed E-state index contributed by atoms with van der Waals surface area (Å²) in [6, 6.07) is 21.0. The lowest BCUT2D eigenvalue weighted by molar-refractivity contribution is -0.0373. The highest BCUT2D eigenvalue weighted by molar-refractivity contribution is 6.15. The summed E-state index contributed by atoms with van der Waals surface area (Å²) in [6.45, 7) is 5.22. The van der Waals surface area contributed by atoms with Gasteiger partial charge in [-0.1, -0.05) is 42.5 Å². The van der Waals surface area contributed by atoms with Gasteiger partial charge in [0.1, 0.15) is 23.3 Å². The standard InChI is InChI=1S/C30H27NO5/c1-20(31-13-16-33-17-14-31)35-24-11-9-21(10-12-24)28-25-18-23-8-5-15-34-26(23)19-27(25)36-30(28)29(32)22-6-3-2-4-7-22/h2-7,9-12,15,18-20H,8,13-14,16-17H2,1H3. The molecule has 0 radical (unpaired) electrons. The third kappa shape index (κ3) is 4.30. The quantitative estimate of drug-likeness (QED) is 0.323. The number of nitrogens with zero attached hydrogens (tertiary/aromatic N) is 1. The SMILES string of the molecule is CC(Oc1ccc(-c2c(C(=O)c3ccccc3)oc3cc4c(cc23)CC=CO4)cc1)N1CCOCC1. The average Bonchev–Trinajstić information content (AvgIpc) is 3.31. The van der Waals surface area contributed by atoms with Gasteiger partial charge in [-0.3, -0.25) is 9.69 Å². The van der Waals surface area contributed by atoms with E-state index in [1.54, 1.807) is 18.4 Å². The molecule has 1 saturated heterocycles.